The minimum absolute atomic E-state index is 0.0439. The molecule has 2 amide bonds. The highest BCUT2D eigenvalue weighted by atomic mass is 19.4. The summed E-state index contributed by atoms with van der Waals surface area (Å²) in [5, 5.41) is 7.12. The Bertz CT molecular complexity index is 918. The highest BCUT2D eigenvalue weighted by molar-refractivity contribution is 5.93. The van der Waals surface area contributed by atoms with E-state index in [0.717, 1.165) is 19.4 Å². The molecule has 0 bridgehead atoms. The molecule has 166 valence electrons. The number of fused-ring (bicyclic) bond motifs is 1. The molecule has 0 aromatic carbocycles. The Kier molecular flexibility index (Phi) is 6.62. The lowest BCUT2D eigenvalue weighted by atomic mass is 9.92. The van der Waals surface area contributed by atoms with Gasteiger partial charge in [0.2, 0.25) is 0 Å². The molecular formula is C20H20F3N3O5. The standard InChI is InChI=1S/C18H19N3O3.C2HF3O2/c22-17(14-6-1-2-8-19-14)21-9-3-5-13-11-20(12-15(13)21)18(23)16-7-4-10-24-16;3-2(4,5)1(6)7/h1-2,4,6-8,10,13,15H,3,5,9,11-12H2;(H,6,7)/t13-,15+;/m1./s1. The number of rotatable bonds is 2. The molecule has 4 rings (SSSR count). The predicted octanol–water partition coefficient (Wildman–Crippen LogP) is 2.68. The Hall–Kier alpha value is -3.37. The van der Waals surface area contributed by atoms with Crippen molar-refractivity contribution in [3.05, 3.63) is 54.2 Å². The molecule has 2 aliphatic heterocycles. The Morgan fingerprint density at radius 1 is 1.10 bits per heavy atom. The lowest BCUT2D eigenvalue weighted by Crippen LogP contribution is -2.48. The third-order valence-corrected chi connectivity index (χ3v) is 5.19. The van der Waals surface area contributed by atoms with Gasteiger partial charge in [-0.1, -0.05) is 6.07 Å². The summed E-state index contributed by atoms with van der Waals surface area (Å²) in [6.45, 7) is 1.96. The second-order valence-corrected chi connectivity index (χ2v) is 7.17. The molecule has 4 heterocycles. The van der Waals surface area contributed by atoms with Gasteiger partial charge in [0.05, 0.1) is 12.3 Å². The van der Waals surface area contributed by atoms with Crippen molar-refractivity contribution in [1.29, 1.82) is 0 Å². The number of amides is 2. The second kappa shape index (κ2) is 9.19. The number of hydrogen-bond donors (Lipinski definition) is 1. The van der Waals surface area contributed by atoms with Gasteiger partial charge >= 0.3 is 12.1 Å². The van der Waals surface area contributed by atoms with Crippen molar-refractivity contribution < 1.29 is 37.1 Å². The number of likely N-dealkylation sites (tertiary alicyclic amines) is 2. The number of nitrogens with zero attached hydrogens (tertiary/aromatic N) is 3. The molecule has 2 atom stereocenters. The predicted molar refractivity (Wildman–Crippen MR) is 100 cm³/mol. The van der Waals surface area contributed by atoms with Crippen molar-refractivity contribution in [3.63, 3.8) is 0 Å². The van der Waals surface area contributed by atoms with Gasteiger partial charge in [0.1, 0.15) is 5.69 Å². The lowest BCUT2D eigenvalue weighted by Gasteiger charge is -2.36. The minimum Gasteiger partial charge on any atom is -0.475 e. The number of carboxylic acids is 1. The maximum atomic E-state index is 12.8. The third-order valence-electron chi connectivity index (χ3n) is 5.19. The number of carbonyl (C=O) groups is 3. The number of piperidine rings is 1. The Morgan fingerprint density at radius 2 is 1.84 bits per heavy atom. The van der Waals surface area contributed by atoms with Crippen LogP contribution in [0.2, 0.25) is 0 Å². The van der Waals surface area contributed by atoms with E-state index in [1.165, 1.54) is 6.26 Å². The zero-order valence-corrected chi connectivity index (χ0v) is 16.3. The van der Waals surface area contributed by atoms with Crippen molar-refractivity contribution in [1.82, 2.24) is 14.8 Å². The molecule has 2 aromatic heterocycles. The molecule has 0 spiro atoms. The van der Waals surface area contributed by atoms with Crippen molar-refractivity contribution in [2.45, 2.75) is 25.1 Å². The summed E-state index contributed by atoms with van der Waals surface area (Å²) in [7, 11) is 0. The van der Waals surface area contributed by atoms with Crippen molar-refractivity contribution >= 4 is 17.8 Å². The van der Waals surface area contributed by atoms with Gasteiger partial charge in [0, 0.05) is 25.8 Å². The Balaban J connectivity index is 0.000000339. The van der Waals surface area contributed by atoms with E-state index in [-0.39, 0.29) is 17.9 Å². The zero-order valence-electron chi connectivity index (χ0n) is 16.3. The fourth-order valence-electron chi connectivity index (χ4n) is 3.79. The molecule has 0 aliphatic carbocycles. The summed E-state index contributed by atoms with van der Waals surface area (Å²) in [5.41, 5.74) is 0.467. The van der Waals surface area contributed by atoms with E-state index in [9.17, 15) is 22.8 Å². The Labute approximate surface area is 175 Å². The molecule has 0 radical (unpaired) electrons. The van der Waals surface area contributed by atoms with Gasteiger partial charge in [0.15, 0.2) is 5.76 Å². The lowest BCUT2D eigenvalue weighted by molar-refractivity contribution is -0.192. The van der Waals surface area contributed by atoms with Crippen LogP contribution in [0, 0.1) is 5.92 Å². The molecule has 31 heavy (non-hydrogen) atoms. The molecular weight excluding hydrogens is 419 g/mol. The number of hydrogen-bond acceptors (Lipinski definition) is 5. The van der Waals surface area contributed by atoms with E-state index in [0.29, 0.717) is 30.5 Å². The van der Waals surface area contributed by atoms with E-state index in [1.807, 2.05) is 11.0 Å². The minimum atomic E-state index is -5.08. The fourth-order valence-corrected chi connectivity index (χ4v) is 3.79. The summed E-state index contributed by atoms with van der Waals surface area (Å²) >= 11 is 0. The van der Waals surface area contributed by atoms with Gasteiger partial charge in [-0.25, -0.2) is 4.79 Å². The van der Waals surface area contributed by atoms with Crippen LogP contribution in [0.1, 0.15) is 33.9 Å². The molecule has 8 nitrogen and oxygen atoms in total. The van der Waals surface area contributed by atoms with Gasteiger partial charge in [-0.3, -0.25) is 14.6 Å². The molecule has 2 aromatic rings. The normalized spacial score (nSPS) is 20.5. The van der Waals surface area contributed by atoms with Gasteiger partial charge in [-0.05, 0) is 43.0 Å². The fraction of sp³-hybridized carbons (Fsp3) is 0.400. The van der Waals surface area contributed by atoms with Crippen molar-refractivity contribution in [2.75, 3.05) is 19.6 Å². The van der Waals surface area contributed by atoms with Crippen LogP contribution in [0.5, 0.6) is 0 Å². The number of carbonyl (C=O) groups excluding carboxylic acids is 2. The summed E-state index contributed by atoms with van der Waals surface area (Å²) in [4.78, 5) is 42.1. The average Bonchev–Trinajstić information content (AvgIpc) is 3.43. The average molecular weight is 439 g/mol. The highest BCUT2D eigenvalue weighted by Gasteiger charge is 2.43. The largest absolute Gasteiger partial charge is 0.490 e. The van der Waals surface area contributed by atoms with Crippen molar-refractivity contribution in [3.8, 4) is 0 Å². The highest BCUT2D eigenvalue weighted by Crippen LogP contribution is 2.32. The van der Waals surface area contributed by atoms with Crippen LogP contribution in [-0.4, -0.2) is 69.5 Å². The monoisotopic (exact) mass is 439 g/mol. The van der Waals surface area contributed by atoms with Crippen LogP contribution in [0.25, 0.3) is 0 Å². The SMILES string of the molecule is O=C(O)C(F)(F)F.O=C(c1ccco1)N1C[C@H]2CCCN(C(=O)c3ccccn3)[C@H]2C1. The number of pyridine rings is 1. The number of halogens is 3. The van der Waals surface area contributed by atoms with Crippen LogP contribution in [0.4, 0.5) is 13.2 Å². The topological polar surface area (TPSA) is 104 Å². The summed E-state index contributed by atoms with van der Waals surface area (Å²) in [6, 6.07) is 8.83. The maximum absolute atomic E-state index is 12.8. The third kappa shape index (κ3) is 5.22. The smallest absolute Gasteiger partial charge is 0.475 e. The number of aromatic nitrogens is 1. The molecule has 2 aliphatic rings. The van der Waals surface area contributed by atoms with Crippen LogP contribution < -0.4 is 0 Å². The van der Waals surface area contributed by atoms with Gasteiger partial charge in [-0.2, -0.15) is 13.2 Å². The molecule has 1 N–H and O–H groups in total. The van der Waals surface area contributed by atoms with E-state index in [1.54, 1.807) is 35.4 Å². The molecule has 2 saturated heterocycles. The van der Waals surface area contributed by atoms with E-state index < -0.39 is 12.1 Å². The number of carboxylic acid groups (broad SMARTS) is 1. The van der Waals surface area contributed by atoms with E-state index >= 15 is 0 Å². The Morgan fingerprint density at radius 3 is 2.42 bits per heavy atom. The van der Waals surface area contributed by atoms with Gasteiger partial charge < -0.3 is 19.3 Å². The van der Waals surface area contributed by atoms with Crippen LogP contribution in [0.3, 0.4) is 0 Å². The van der Waals surface area contributed by atoms with Gasteiger partial charge in [0.25, 0.3) is 11.8 Å². The quantitative estimate of drug-likeness (QED) is 0.772. The van der Waals surface area contributed by atoms with Crippen LogP contribution in [0.15, 0.2) is 47.2 Å². The molecule has 2 fully saturated rings. The summed E-state index contributed by atoms with van der Waals surface area (Å²) in [6.07, 6.45) is 0.0599. The number of alkyl halides is 3. The molecule has 0 saturated carbocycles. The first-order chi connectivity index (χ1) is 14.7. The summed E-state index contributed by atoms with van der Waals surface area (Å²) in [5.74, 6) is -2.22. The molecule has 11 heteroatoms. The number of aliphatic carboxylic acids is 1. The summed E-state index contributed by atoms with van der Waals surface area (Å²) < 4.78 is 37.0. The van der Waals surface area contributed by atoms with Crippen LogP contribution >= 0.6 is 0 Å². The van der Waals surface area contributed by atoms with E-state index in [2.05, 4.69) is 4.98 Å². The van der Waals surface area contributed by atoms with Gasteiger partial charge in [-0.15, -0.1) is 0 Å². The first-order valence-corrected chi connectivity index (χ1v) is 9.53. The second-order valence-electron chi connectivity index (χ2n) is 7.17. The van der Waals surface area contributed by atoms with Crippen LogP contribution in [-0.2, 0) is 4.79 Å². The first-order valence-electron chi connectivity index (χ1n) is 9.53. The van der Waals surface area contributed by atoms with Crippen molar-refractivity contribution in [2.24, 2.45) is 5.92 Å². The first kappa shape index (κ1) is 22.3. The number of furan rings is 1. The van der Waals surface area contributed by atoms with E-state index in [4.69, 9.17) is 14.3 Å². The zero-order chi connectivity index (χ0) is 22.6. The maximum Gasteiger partial charge on any atom is 0.490 e. The molecule has 0 unspecified atom stereocenters.